The van der Waals surface area contributed by atoms with E-state index in [1.807, 2.05) is 6.07 Å². The number of hydrogen-bond donors (Lipinski definition) is 1. The zero-order chi connectivity index (χ0) is 16.9. The van der Waals surface area contributed by atoms with Crippen LogP contribution in [0.3, 0.4) is 0 Å². The lowest BCUT2D eigenvalue weighted by Gasteiger charge is -2.62. The number of aliphatic hydroxyl groups is 1. The Hall–Kier alpha value is -1.85. The van der Waals surface area contributed by atoms with Crippen LogP contribution < -0.4 is 9.47 Å². The van der Waals surface area contributed by atoms with Crippen molar-refractivity contribution in [3.63, 3.8) is 0 Å². The molecule has 1 aromatic carbocycles. The molecule has 0 radical (unpaired) electrons. The van der Waals surface area contributed by atoms with E-state index in [1.54, 1.807) is 13.2 Å². The second-order valence-corrected chi connectivity index (χ2v) is 7.62. The highest BCUT2D eigenvalue weighted by atomic mass is 16.5. The topological polar surface area (TPSA) is 59.0 Å². The van der Waals surface area contributed by atoms with E-state index in [9.17, 15) is 9.90 Å². The van der Waals surface area contributed by atoms with Gasteiger partial charge in [-0.3, -0.25) is 9.69 Å². The minimum absolute atomic E-state index is 0.0593. The van der Waals surface area contributed by atoms with Crippen LogP contribution in [0.15, 0.2) is 24.3 Å². The molecule has 5 nitrogen and oxygen atoms in total. The fourth-order valence-corrected chi connectivity index (χ4v) is 5.82. The van der Waals surface area contributed by atoms with Crippen molar-refractivity contribution in [1.29, 1.82) is 0 Å². The van der Waals surface area contributed by atoms with Crippen molar-refractivity contribution in [1.82, 2.24) is 4.90 Å². The van der Waals surface area contributed by atoms with Crippen LogP contribution in [-0.2, 0) is 16.6 Å². The number of piperidine rings is 1. The van der Waals surface area contributed by atoms with Gasteiger partial charge >= 0.3 is 0 Å². The number of benzene rings is 1. The molecule has 2 aliphatic carbocycles. The second-order valence-electron chi connectivity index (χ2n) is 7.62. The molecule has 5 heteroatoms. The number of ether oxygens (including phenoxy) is 2. The molecule has 4 aliphatic rings. The number of likely N-dealkylation sites (N-methyl/N-ethyl adjacent to an activating group) is 1. The second kappa shape index (κ2) is 4.21. The Bertz CT molecular complexity index is 803. The van der Waals surface area contributed by atoms with Crippen LogP contribution in [0.5, 0.6) is 11.5 Å². The lowest BCUT2D eigenvalue weighted by atomic mass is 9.47. The number of methoxy groups -OCH3 is 1. The molecule has 0 amide bonds. The summed E-state index contributed by atoms with van der Waals surface area (Å²) in [5.41, 5.74) is 0.309. The molecule has 126 valence electrons. The van der Waals surface area contributed by atoms with E-state index < -0.39 is 17.1 Å². The quantitative estimate of drug-likeness (QED) is 0.836. The number of ketones is 1. The van der Waals surface area contributed by atoms with Crippen molar-refractivity contribution >= 4 is 5.78 Å². The summed E-state index contributed by atoms with van der Waals surface area (Å²) in [6.07, 6.45) is 3.29. The molecule has 1 aromatic rings. The van der Waals surface area contributed by atoms with Gasteiger partial charge in [-0.25, -0.2) is 0 Å². The van der Waals surface area contributed by atoms with Crippen LogP contribution >= 0.6 is 0 Å². The molecular weight excluding hydrogens is 306 g/mol. The molecule has 1 spiro atoms. The minimum atomic E-state index is -1.11. The van der Waals surface area contributed by atoms with Crippen LogP contribution in [0.25, 0.3) is 0 Å². The Kier molecular flexibility index (Phi) is 2.54. The number of nitrogens with zero attached hydrogens (tertiary/aromatic N) is 1. The monoisotopic (exact) mass is 327 g/mol. The van der Waals surface area contributed by atoms with Crippen LogP contribution in [0.1, 0.15) is 18.1 Å². The fourth-order valence-electron chi connectivity index (χ4n) is 5.82. The fraction of sp³-hybridized carbons (Fsp3) is 0.526. The molecule has 0 saturated carbocycles. The van der Waals surface area contributed by atoms with Gasteiger partial charge in [-0.15, -0.1) is 0 Å². The average molecular weight is 327 g/mol. The maximum atomic E-state index is 12.7. The Labute approximate surface area is 140 Å². The van der Waals surface area contributed by atoms with Crippen molar-refractivity contribution in [3.05, 3.63) is 35.4 Å². The third kappa shape index (κ3) is 1.27. The Balaban J connectivity index is 1.92. The number of likely N-dealkylation sites (tertiary alicyclic amines) is 1. The molecule has 2 heterocycles. The highest BCUT2D eigenvalue weighted by Gasteiger charge is 2.74. The SMILES string of the molecule is COc1ccc2c3c1O[C@H]1C(=O)C=C[C@@]4(O)[C@@H](C2)N(C)C[C@H](C)[C@]314. The van der Waals surface area contributed by atoms with Crippen molar-refractivity contribution < 1.29 is 19.4 Å². The summed E-state index contributed by atoms with van der Waals surface area (Å²) in [5, 5.41) is 11.8. The normalized spacial score (nSPS) is 41.8. The first-order chi connectivity index (χ1) is 11.4. The Morgan fingerprint density at radius 2 is 2.21 bits per heavy atom. The van der Waals surface area contributed by atoms with E-state index in [0.717, 1.165) is 24.1 Å². The van der Waals surface area contributed by atoms with Gasteiger partial charge in [0.15, 0.2) is 23.4 Å². The maximum Gasteiger partial charge on any atom is 0.197 e. The summed E-state index contributed by atoms with van der Waals surface area (Å²) < 4.78 is 11.7. The molecule has 24 heavy (non-hydrogen) atoms. The Morgan fingerprint density at radius 1 is 1.42 bits per heavy atom. The van der Waals surface area contributed by atoms with E-state index in [2.05, 4.69) is 24.9 Å². The van der Waals surface area contributed by atoms with Gasteiger partial charge in [0.05, 0.1) is 12.5 Å². The molecule has 5 atom stereocenters. The summed E-state index contributed by atoms with van der Waals surface area (Å²) in [6, 6.07) is 3.91. The summed E-state index contributed by atoms with van der Waals surface area (Å²) in [4.78, 5) is 14.9. The van der Waals surface area contributed by atoms with E-state index >= 15 is 0 Å². The van der Waals surface area contributed by atoms with E-state index in [4.69, 9.17) is 9.47 Å². The number of carbonyl (C=O) groups excluding carboxylic acids is 1. The highest BCUT2D eigenvalue weighted by molar-refractivity contribution is 5.99. The predicted molar refractivity (Wildman–Crippen MR) is 87.5 cm³/mol. The van der Waals surface area contributed by atoms with Crippen molar-refractivity contribution in [2.45, 2.75) is 36.5 Å². The third-order valence-corrected chi connectivity index (χ3v) is 6.71. The van der Waals surface area contributed by atoms with Crippen LogP contribution in [-0.4, -0.2) is 54.2 Å². The molecule has 1 N–H and O–H groups in total. The van der Waals surface area contributed by atoms with Crippen molar-refractivity contribution in [3.8, 4) is 11.5 Å². The average Bonchev–Trinajstić information content (AvgIpc) is 2.93. The van der Waals surface area contributed by atoms with Crippen LogP contribution in [0.2, 0.25) is 0 Å². The number of hydrogen-bond acceptors (Lipinski definition) is 5. The molecular formula is C19H21NO4. The molecule has 2 aliphatic heterocycles. The van der Waals surface area contributed by atoms with Crippen molar-refractivity contribution in [2.24, 2.45) is 5.92 Å². The molecule has 1 fully saturated rings. The number of carbonyl (C=O) groups is 1. The van der Waals surface area contributed by atoms with Gasteiger partial charge in [0.1, 0.15) is 5.60 Å². The molecule has 0 unspecified atom stereocenters. The third-order valence-electron chi connectivity index (χ3n) is 6.71. The first-order valence-electron chi connectivity index (χ1n) is 8.48. The van der Waals surface area contributed by atoms with Gasteiger partial charge in [0.25, 0.3) is 0 Å². The highest BCUT2D eigenvalue weighted by Crippen LogP contribution is 2.65. The summed E-state index contributed by atoms with van der Waals surface area (Å²) in [5.74, 6) is 1.29. The Morgan fingerprint density at radius 3 is 2.96 bits per heavy atom. The largest absolute Gasteiger partial charge is 0.493 e. The van der Waals surface area contributed by atoms with E-state index in [1.165, 1.54) is 6.08 Å². The van der Waals surface area contributed by atoms with Gasteiger partial charge in [0.2, 0.25) is 0 Å². The molecule has 2 bridgehead atoms. The van der Waals surface area contributed by atoms with Crippen LogP contribution in [0.4, 0.5) is 0 Å². The molecule has 1 saturated heterocycles. The predicted octanol–water partition coefficient (Wildman–Crippen LogP) is 1.07. The standard InChI is InChI=1S/C19H21NO4/c1-10-9-20(2)14-8-11-4-5-13(23-3)16-15(11)19(10)17(24-16)12(21)6-7-18(14,19)22/h4-7,10,14,17,22H,8-9H2,1-3H3/t10-,14+,17-,18+,19-/m0/s1. The lowest BCUT2D eigenvalue weighted by Crippen LogP contribution is -2.77. The number of rotatable bonds is 1. The minimum Gasteiger partial charge on any atom is -0.493 e. The first-order valence-corrected chi connectivity index (χ1v) is 8.48. The summed E-state index contributed by atoms with van der Waals surface area (Å²) in [7, 11) is 3.66. The van der Waals surface area contributed by atoms with Crippen LogP contribution in [0, 0.1) is 5.92 Å². The van der Waals surface area contributed by atoms with Gasteiger partial charge in [-0.05, 0) is 43.2 Å². The van der Waals surface area contributed by atoms with Gasteiger partial charge < -0.3 is 14.6 Å². The van der Waals surface area contributed by atoms with Gasteiger partial charge in [0, 0.05) is 18.2 Å². The van der Waals surface area contributed by atoms with Gasteiger partial charge in [-0.2, -0.15) is 0 Å². The first kappa shape index (κ1) is 14.5. The molecule has 0 aromatic heterocycles. The smallest absolute Gasteiger partial charge is 0.197 e. The van der Waals surface area contributed by atoms with Crippen molar-refractivity contribution in [2.75, 3.05) is 20.7 Å². The zero-order valence-corrected chi connectivity index (χ0v) is 14.1. The summed E-state index contributed by atoms with van der Waals surface area (Å²) in [6.45, 7) is 2.94. The molecule has 5 rings (SSSR count). The lowest BCUT2D eigenvalue weighted by molar-refractivity contribution is -0.166. The summed E-state index contributed by atoms with van der Waals surface area (Å²) >= 11 is 0. The zero-order valence-electron chi connectivity index (χ0n) is 14.1. The maximum absolute atomic E-state index is 12.7. The van der Waals surface area contributed by atoms with E-state index in [-0.39, 0.29) is 17.7 Å². The van der Waals surface area contributed by atoms with E-state index in [0.29, 0.717) is 11.5 Å². The van der Waals surface area contributed by atoms with Gasteiger partial charge in [-0.1, -0.05) is 13.0 Å².